The number of hydrogen-bond acceptors (Lipinski definition) is 3. The van der Waals surface area contributed by atoms with Gasteiger partial charge in [-0.15, -0.1) is 0 Å². The van der Waals surface area contributed by atoms with E-state index < -0.39 is 8.07 Å². The topological polar surface area (TPSA) is 42.3 Å². The van der Waals surface area contributed by atoms with Crippen LogP contribution < -0.4 is 9.75 Å². The fourth-order valence-corrected chi connectivity index (χ4v) is 9.42. The lowest BCUT2D eigenvalue weighted by Crippen LogP contribution is -2.53. The zero-order chi connectivity index (χ0) is 32.4. The molecule has 0 spiro atoms. The number of aliphatic imine (C=N–C) groups is 1. The molecule has 2 atom stereocenters. The molecule has 2 aliphatic rings. The highest BCUT2D eigenvalue weighted by Crippen LogP contribution is 2.45. The summed E-state index contributed by atoms with van der Waals surface area (Å²) in [4.78, 5) is 9.91. The van der Waals surface area contributed by atoms with E-state index >= 15 is 0 Å². The number of fused-ring (bicyclic) bond motifs is 11. The highest BCUT2D eigenvalue weighted by molar-refractivity contribution is 6.89. The molecular formula is C42H40N3OSi+. The first-order valence-corrected chi connectivity index (χ1v) is 20.2. The number of furan rings is 1. The highest BCUT2D eigenvalue weighted by atomic mass is 28.3. The lowest BCUT2D eigenvalue weighted by atomic mass is 9.77. The van der Waals surface area contributed by atoms with Crippen molar-refractivity contribution in [1.29, 1.82) is 0 Å². The fourth-order valence-electron chi connectivity index (χ4n) is 7.87. The maximum absolute atomic E-state index is 6.50. The maximum atomic E-state index is 6.50. The number of hydrogen-bond donors (Lipinski definition) is 0. The second-order valence-electron chi connectivity index (χ2n) is 14.2. The van der Waals surface area contributed by atoms with Crippen LogP contribution in [0, 0.1) is 6.92 Å². The molecule has 2 aliphatic heterocycles. The van der Waals surface area contributed by atoms with Crippen LogP contribution in [0.15, 0.2) is 125 Å². The van der Waals surface area contributed by atoms with Gasteiger partial charge >= 0.3 is 0 Å². The largest absolute Gasteiger partial charge is 0.437 e. The van der Waals surface area contributed by atoms with Gasteiger partial charge in [0.15, 0.2) is 12.2 Å². The van der Waals surface area contributed by atoms with Crippen LogP contribution in [-0.4, -0.2) is 18.8 Å². The molecule has 0 N–H and O–H groups in total. The molecule has 4 nitrogen and oxygen atoms in total. The first-order valence-electron chi connectivity index (χ1n) is 16.7. The van der Waals surface area contributed by atoms with Gasteiger partial charge in [0.05, 0.1) is 20.2 Å². The average molecular weight is 631 g/mol. The Bertz CT molecular complexity index is 2270. The Labute approximate surface area is 277 Å². The summed E-state index contributed by atoms with van der Waals surface area (Å²) in [5.74, 6) is 0.293. The normalized spacial score (nSPS) is 18.9. The lowest BCUT2D eigenvalue weighted by molar-refractivity contribution is -0.717. The molecule has 0 saturated heterocycles. The molecule has 8 rings (SSSR count). The SMILES string of the molecule is C=C/C1=N/C(=C)CC2C(CCc3ccc4c(oc5nc(C)ccc54)c31)c1ccccc1-c1cc(-c3ccccc3)c([Si](C)(C)C)c[n+]12. The summed E-state index contributed by atoms with van der Waals surface area (Å²) in [5, 5.41) is 3.56. The van der Waals surface area contributed by atoms with Crippen molar-refractivity contribution >= 4 is 41.0 Å². The third kappa shape index (κ3) is 4.92. The molecule has 232 valence electrons. The third-order valence-electron chi connectivity index (χ3n) is 10.1. The van der Waals surface area contributed by atoms with E-state index in [9.17, 15) is 0 Å². The van der Waals surface area contributed by atoms with Gasteiger partial charge in [0, 0.05) is 50.5 Å². The zero-order valence-corrected chi connectivity index (χ0v) is 28.7. The molecule has 5 heterocycles. The lowest BCUT2D eigenvalue weighted by Gasteiger charge is -2.33. The van der Waals surface area contributed by atoms with E-state index in [4.69, 9.17) is 14.4 Å². The van der Waals surface area contributed by atoms with Crippen LogP contribution in [0.4, 0.5) is 0 Å². The molecule has 0 saturated carbocycles. The van der Waals surface area contributed by atoms with E-state index in [1.807, 2.05) is 19.1 Å². The highest BCUT2D eigenvalue weighted by Gasteiger charge is 2.42. The summed E-state index contributed by atoms with van der Waals surface area (Å²) in [6.45, 7) is 18.1. The van der Waals surface area contributed by atoms with Crippen molar-refractivity contribution in [2.24, 2.45) is 4.99 Å². The van der Waals surface area contributed by atoms with E-state index in [0.717, 1.165) is 58.3 Å². The van der Waals surface area contributed by atoms with Crippen molar-refractivity contribution < 1.29 is 8.98 Å². The molecule has 3 aromatic carbocycles. The van der Waals surface area contributed by atoms with Crippen molar-refractivity contribution in [3.05, 3.63) is 138 Å². The van der Waals surface area contributed by atoms with Gasteiger partial charge in [-0.1, -0.05) is 93.5 Å². The van der Waals surface area contributed by atoms with Crippen LogP contribution in [0.1, 0.15) is 47.2 Å². The zero-order valence-electron chi connectivity index (χ0n) is 27.7. The van der Waals surface area contributed by atoms with Gasteiger partial charge in [-0.3, -0.25) is 4.99 Å². The maximum Gasteiger partial charge on any atom is 0.227 e. The Hall–Kier alpha value is -4.87. The molecular weight excluding hydrogens is 591 g/mol. The first kappa shape index (κ1) is 29.5. The predicted octanol–water partition coefficient (Wildman–Crippen LogP) is 9.62. The Morgan fingerprint density at radius 1 is 0.915 bits per heavy atom. The van der Waals surface area contributed by atoms with E-state index in [0.29, 0.717) is 11.6 Å². The number of aryl methyl sites for hydroxylation is 2. The van der Waals surface area contributed by atoms with Crippen molar-refractivity contribution in [3.8, 4) is 22.4 Å². The summed E-state index contributed by atoms with van der Waals surface area (Å²) in [6.07, 6.45) is 6.99. The number of benzene rings is 3. The minimum absolute atomic E-state index is 0.186. The third-order valence-corrected chi connectivity index (χ3v) is 12.1. The monoisotopic (exact) mass is 630 g/mol. The molecule has 2 unspecified atom stereocenters. The molecule has 0 radical (unpaired) electrons. The second kappa shape index (κ2) is 11.1. The number of aromatic nitrogens is 2. The Kier molecular flexibility index (Phi) is 6.99. The van der Waals surface area contributed by atoms with Gasteiger partial charge in [-0.05, 0) is 66.3 Å². The molecule has 5 heteroatoms. The minimum Gasteiger partial charge on any atom is -0.437 e. The molecule has 47 heavy (non-hydrogen) atoms. The minimum atomic E-state index is -1.73. The Morgan fingerprint density at radius 2 is 1.68 bits per heavy atom. The quantitative estimate of drug-likeness (QED) is 0.144. The second-order valence-corrected chi connectivity index (χ2v) is 19.2. The van der Waals surface area contributed by atoms with Gasteiger partial charge in [-0.25, -0.2) is 4.98 Å². The van der Waals surface area contributed by atoms with Crippen LogP contribution in [0.3, 0.4) is 0 Å². The number of nitrogens with zero attached hydrogens (tertiary/aromatic N) is 3. The van der Waals surface area contributed by atoms with Crippen molar-refractivity contribution in [2.75, 3.05) is 0 Å². The molecule has 3 aromatic heterocycles. The van der Waals surface area contributed by atoms with Crippen molar-refractivity contribution in [2.45, 2.75) is 57.8 Å². The molecule has 0 amide bonds. The standard InChI is InChI=1S/C42H40N3OSi/c1-7-36-40-29(19-22-33-34-20-17-26(2)44-42(34)46-41(33)40)18-21-32-30-15-11-12-16-31(30)38-24-35(28-13-9-8-10-14-28)39(47(4,5)6)25-45(38)37(32)23-27(3)43-36/h7-17,19-20,22,24-25,32,37H,1,3,18,21,23H2,2,4-6H3/q+1/b43-36-. The molecule has 0 aliphatic carbocycles. The first-order chi connectivity index (χ1) is 22.7. The van der Waals surface area contributed by atoms with Crippen LogP contribution in [-0.2, 0) is 6.42 Å². The Balaban J connectivity index is 1.33. The van der Waals surface area contributed by atoms with Gasteiger partial charge in [0.25, 0.3) is 0 Å². The van der Waals surface area contributed by atoms with E-state index in [2.05, 4.69) is 122 Å². The van der Waals surface area contributed by atoms with Gasteiger partial charge in [0.2, 0.25) is 11.4 Å². The average Bonchev–Trinajstić information content (AvgIpc) is 3.43. The van der Waals surface area contributed by atoms with E-state index in [1.54, 1.807) is 0 Å². The van der Waals surface area contributed by atoms with Crippen LogP contribution in [0.25, 0.3) is 44.5 Å². The summed E-state index contributed by atoms with van der Waals surface area (Å²) in [5.41, 5.74) is 13.0. The van der Waals surface area contributed by atoms with Crippen LogP contribution in [0.5, 0.6) is 0 Å². The van der Waals surface area contributed by atoms with Crippen molar-refractivity contribution in [1.82, 2.24) is 4.98 Å². The molecule has 0 bridgehead atoms. The van der Waals surface area contributed by atoms with E-state index in [1.165, 1.54) is 38.7 Å². The van der Waals surface area contributed by atoms with Gasteiger partial charge in [0.1, 0.15) is 5.58 Å². The summed E-state index contributed by atoms with van der Waals surface area (Å²) >= 11 is 0. The number of allylic oxidation sites excluding steroid dienone is 2. The summed E-state index contributed by atoms with van der Waals surface area (Å²) in [7, 11) is -1.73. The Morgan fingerprint density at radius 3 is 2.47 bits per heavy atom. The van der Waals surface area contributed by atoms with Crippen LogP contribution >= 0.6 is 0 Å². The van der Waals surface area contributed by atoms with Crippen LogP contribution in [0.2, 0.25) is 19.6 Å². The smallest absolute Gasteiger partial charge is 0.227 e. The predicted molar refractivity (Wildman–Crippen MR) is 197 cm³/mol. The summed E-state index contributed by atoms with van der Waals surface area (Å²) < 4.78 is 9.08. The van der Waals surface area contributed by atoms with Gasteiger partial charge < -0.3 is 4.42 Å². The molecule has 0 fully saturated rings. The van der Waals surface area contributed by atoms with E-state index in [-0.39, 0.29) is 6.04 Å². The fraction of sp³-hybridized carbons (Fsp3) is 0.214. The number of rotatable bonds is 3. The molecule has 6 aromatic rings. The number of pyridine rings is 2. The van der Waals surface area contributed by atoms with Gasteiger partial charge in [-0.2, -0.15) is 4.57 Å². The van der Waals surface area contributed by atoms with Crippen molar-refractivity contribution in [3.63, 3.8) is 0 Å². The summed E-state index contributed by atoms with van der Waals surface area (Å²) in [6, 6.07) is 31.2.